The normalized spacial score (nSPS) is 11.9. The van der Waals surface area contributed by atoms with E-state index < -0.39 is 6.10 Å². The summed E-state index contributed by atoms with van der Waals surface area (Å²) in [6.07, 6.45) is -0.664. The summed E-state index contributed by atoms with van der Waals surface area (Å²) in [5, 5.41) is 12.5. The highest BCUT2D eigenvalue weighted by atomic mass is 35.5. The fraction of sp³-hybridized carbons (Fsp3) is 0.250. The number of nitrogens with zero attached hydrogens (tertiary/aromatic N) is 2. The molecule has 0 aliphatic heterocycles. The predicted molar refractivity (Wildman–Crippen MR) is 121 cm³/mol. The Morgan fingerprint density at radius 3 is 2.79 bits per heavy atom. The molecule has 3 rings (SSSR count). The van der Waals surface area contributed by atoms with Crippen molar-refractivity contribution in [1.29, 1.82) is 0 Å². The van der Waals surface area contributed by atoms with Gasteiger partial charge >= 0.3 is 0 Å². The van der Waals surface area contributed by atoms with Crippen molar-refractivity contribution in [3.8, 4) is 5.75 Å². The molecule has 1 heterocycles. The van der Waals surface area contributed by atoms with Crippen molar-refractivity contribution in [1.82, 2.24) is 10.2 Å². The molecule has 1 atom stereocenters. The van der Waals surface area contributed by atoms with Crippen molar-refractivity contribution >= 4 is 57.3 Å². The van der Waals surface area contributed by atoms with Crippen molar-refractivity contribution in [2.45, 2.75) is 37.0 Å². The quantitative estimate of drug-likeness (QED) is 0.332. The lowest BCUT2D eigenvalue weighted by atomic mass is 10.1. The van der Waals surface area contributed by atoms with E-state index in [2.05, 4.69) is 15.5 Å². The molecule has 0 spiro atoms. The van der Waals surface area contributed by atoms with E-state index in [9.17, 15) is 4.79 Å². The zero-order valence-electron chi connectivity index (χ0n) is 16.0. The van der Waals surface area contributed by atoms with Gasteiger partial charge in [0.2, 0.25) is 5.13 Å². The number of halogens is 2. The summed E-state index contributed by atoms with van der Waals surface area (Å²) in [5.74, 6) is 1.05. The maximum Gasteiger partial charge on any atom is 0.266 e. The molecule has 0 aliphatic rings. The van der Waals surface area contributed by atoms with E-state index in [1.807, 2.05) is 38.1 Å². The Kier molecular flexibility index (Phi) is 7.40. The summed E-state index contributed by atoms with van der Waals surface area (Å²) in [6, 6.07) is 11.2. The smallest absolute Gasteiger partial charge is 0.266 e. The van der Waals surface area contributed by atoms with Crippen molar-refractivity contribution in [2.75, 3.05) is 5.32 Å². The van der Waals surface area contributed by atoms with Gasteiger partial charge in [-0.15, -0.1) is 10.2 Å². The lowest BCUT2D eigenvalue weighted by molar-refractivity contribution is -0.122. The highest BCUT2D eigenvalue weighted by Gasteiger charge is 2.18. The maximum absolute atomic E-state index is 12.4. The van der Waals surface area contributed by atoms with Crippen LogP contribution in [0.2, 0.25) is 10.0 Å². The lowest BCUT2D eigenvalue weighted by Crippen LogP contribution is -2.30. The van der Waals surface area contributed by atoms with Crippen LogP contribution in [-0.2, 0) is 10.5 Å². The third-order valence-corrected chi connectivity index (χ3v) is 6.84. The number of thioether (sulfide) groups is 1. The molecule has 152 valence electrons. The molecule has 1 amide bonds. The minimum atomic E-state index is -0.664. The average Bonchev–Trinajstić information content (AvgIpc) is 3.12. The number of hydrogen-bond donors (Lipinski definition) is 1. The van der Waals surface area contributed by atoms with Gasteiger partial charge < -0.3 is 4.74 Å². The van der Waals surface area contributed by atoms with Crippen LogP contribution in [-0.4, -0.2) is 22.2 Å². The Balaban J connectivity index is 1.56. The second kappa shape index (κ2) is 9.80. The van der Waals surface area contributed by atoms with Gasteiger partial charge in [0.15, 0.2) is 10.4 Å². The van der Waals surface area contributed by atoms with Gasteiger partial charge in [0.1, 0.15) is 5.75 Å². The molecular formula is C20H19Cl2N3O2S2. The number of ether oxygens (including phenoxy) is 1. The zero-order valence-corrected chi connectivity index (χ0v) is 19.2. The third kappa shape index (κ3) is 5.85. The van der Waals surface area contributed by atoms with Crippen molar-refractivity contribution < 1.29 is 9.53 Å². The lowest BCUT2D eigenvalue weighted by Gasteiger charge is -2.16. The number of carbonyl (C=O) groups is 1. The molecule has 0 radical (unpaired) electrons. The second-order valence-electron chi connectivity index (χ2n) is 6.34. The number of aromatic nitrogens is 2. The molecule has 0 saturated heterocycles. The molecule has 5 nitrogen and oxygen atoms in total. The van der Waals surface area contributed by atoms with E-state index in [1.165, 1.54) is 23.1 Å². The standard InChI is InChI=1S/C20H19Cl2N3O2S2/c1-11-5-4-6-17(12(11)2)27-13(3)18(26)23-19-24-25-20(29-19)28-10-14-7-8-15(21)9-16(14)22/h4-9,13H,10H2,1-3H3,(H,23,24,26). The third-order valence-electron chi connectivity index (χ3n) is 4.23. The number of anilines is 1. The van der Waals surface area contributed by atoms with Crippen LogP contribution in [0.15, 0.2) is 40.7 Å². The molecule has 0 aliphatic carbocycles. The summed E-state index contributed by atoms with van der Waals surface area (Å²) in [5.41, 5.74) is 3.08. The molecule has 1 N–H and O–H groups in total. The minimum absolute atomic E-state index is 0.278. The average molecular weight is 468 g/mol. The van der Waals surface area contributed by atoms with E-state index in [-0.39, 0.29) is 5.91 Å². The van der Waals surface area contributed by atoms with Gasteiger partial charge in [0, 0.05) is 15.8 Å². The first-order valence-corrected chi connectivity index (χ1v) is 11.3. The first kappa shape index (κ1) is 21.9. The van der Waals surface area contributed by atoms with Crippen LogP contribution in [0.4, 0.5) is 5.13 Å². The molecule has 0 bridgehead atoms. The molecule has 3 aromatic rings. The van der Waals surface area contributed by atoms with Crippen LogP contribution in [0.25, 0.3) is 0 Å². The molecule has 9 heteroatoms. The summed E-state index contributed by atoms with van der Waals surface area (Å²) < 4.78 is 6.54. The Bertz CT molecular complexity index is 1030. The zero-order chi connectivity index (χ0) is 21.0. The van der Waals surface area contributed by atoms with E-state index >= 15 is 0 Å². The Hall–Kier alpha value is -1.80. The molecule has 2 aromatic carbocycles. The molecule has 1 aromatic heterocycles. The monoisotopic (exact) mass is 467 g/mol. The summed E-state index contributed by atoms with van der Waals surface area (Å²) in [7, 11) is 0. The number of benzene rings is 2. The highest BCUT2D eigenvalue weighted by Crippen LogP contribution is 2.31. The first-order chi connectivity index (χ1) is 13.8. The van der Waals surface area contributed by atoms with E-state index in [4.69, 9.17) is 27.9 Å². The molecule has 0 saturated carbocycles. The number of aryl methyl sites for hydroxylation is 1. The first-order valence-electron chi connectivity index (χ1n) is 8.77. The van der Waals surface area contributed by atoms with Gasteiger partial charge in [-0.05, 0) is 55.7 Å². The number of rotatable bonds is 7. The Labute approximate surface area is 187 Å². The van der Waals surface area contributed by atoms with Crippen molar-refractivity contribution in [2.24, 2.45) is 0 Å². The highest BCUT2D eigenvalue weighted by molar-refractivity contribution is 8.00. The van der Waals surface area contributed by atoms with Crippen LogP contribution in [0.1, 0.15) is 23.6 Å². The van der Waals surface area contributed by atoms with Crippen molar-refractivity contribution in [3.63, 3.8) is 0 Å². The number of nitrogens with one attached hydrogen (secondary N) is 1. The Morgan fingerprint density at radius 2 is 2.03 bits per heavy atom. The van der Waals surface area contributed by atoms with Crippen LogP contribution < -0.4 is 10.1 Å². The maximum atomic E-state index is 12.4. The minimum Gasteiger partial charge on any atom is -0.481 e. The van der Waals surface area contributed by atoms with Gasteiger partial charge in [-0.25, -0.2) is 0 Å². The second-order valence-corrected chi connectivity index (χ2v) is 9.39. The van der Waals surface area contributed by atoms with Gasteiger partial charge in [-0.2, -0.15) is 0 Å². The fourth-order valence-electron chi connectivity index (χ4n) is 2.40. The SMILES string of the molecule is Cc1cccc(OC(C)C(=O)Nc2nnc(SCc3ccc(Cl)cc3Cl)s2)c1C. The molecule has 0 fully saturated rings. The number of hydrogen-bond acceptors (Lipinski definition) is 6. The van der Waals surface area contributed by atoms with Crippen LogP contribution in [0.3, 0.4) is 0 Å². The van der Waals surface area contributed by atoms with Crippen LogP contribution in [0.5, 0.6) is 5.75 Å². The molecule has 1 unspecified atom stereocenters. The summed E-state index contributed by atoms with van der Waals surface area (Å²) >= 11 is 14.9. The van der Waals surface area contributed by atoms with Gasteiger partial charge in [0.05, 0.1) is 0 Å². The van der Waals surface area contributed by atoms with Crippen LogP contribution >= 0.6 is 46.3 Å². The molecule has 29 heavy (non-hydrogen) atoms. The molecular weight excluding hydrogens is 449 g/mol. The van der Waals surface area contributed by atoms with Crippen molar-refractivity contribution in [3.05, 3.63) is 63.1 Å². The number of amides is 1. The van der Waals surface area contributed by atoms with Gasteiger partial charge in [0.25, 0.3) is 5.91 Å². The summed E-state index contributed by atoms with van der Waals surface area (Å²) in [6.45, 7) is 5.68. The Morgan fingerprint density at radius 1 is 1.24 bits per heavy atom. The fourth-order valence-corrected chi connectivity index (χ4v) is 4.71. The summed E-state index contributed by atoms with van der Waals surface area (Å²) in [4.78, 5) is 12.4. The number of carbonyl (C=O) groups excluding carboxylic acids is 1. The van der Waals surface area contributed by atoms with Gasteiger partial charge in [-0.1, -0.05) is 64.5 Å². The van der Waals surface area contributed by atoms with Crippen LogP contribution in [0, 0.1) is 13.8 Å². The van der Waals surface area contributed by atoms with E-state index in [0.29, 0.717) is 26.7 Å². The largest absolute Gasteiger partial charge is 0.481 e. The van der Waals surface area contributed by atoms with Gasteiger partial charge in [-0.3, -0.25) is 10.1 Å². The predicted octanol–water partition coefficient (Wildman–Crippen LogP) is 6.16. The topological polar surface area (TPSA) is 64.1 Å². The van der Waals surface area contributed by atoms with E-state index in [1.54, 1.807) is 19.1 Å². The van der Waals surface area contributed by atoms with E-state index in [0.717, 1.165) is 21.0 Å².